The number of amides is 1. The third-order valence-corrected chi connectivity index (χ3v) is 3.51. The first-order valence-corrected chi connectivity index (χ1v) is 5.48. The van der Waals surface area contributed by atoms with E-state index in [9.17, 15) is 4.79 Å². The Labute approximate surface area is 92.2 Å². The van der Waals surface area contributed by atoms with Crippen molar-refractivity contribution in [1.29, 1.82) is 0 Å². The Morgan fingerprint density at radius 3 is 3.07 bits per heavy atom. The van der Waals surface area contributed by atoms with Crippen molar-refractivity contribution in [2.75, 3.05) is 19.0 Å². The molecule has 0 fully saturated rings. The van der Waals surface area contributed by atoms with E-state index in [-0.39, 0.29) is 11.2 Å². The predicted molar refractivity (Wildman–Crippen MR) is 60.3 cm³/mol. The predicted octanol–water partition coefficient (Wildman–Crippen LogP) is 1.07. The van der Waals surface area contributed by atoms with Gasteiger partial charge in [0.1, 0.15) is 11.0 Å². The van der Waals surface area contributed by atoms with E-state index in [1.807, 2.05) is 18.2 Å². The van der Waals surface area contributed by atoms with E-state index in [1.54, 1.807) is 7.11 Å². The maximum absolute atomic E-state index is 11.5. The molecule has 1 aliphatic rings. The number of methoxy groups -OCH3 is 1. The number of carbonyl (C=O) groups is 1. The van der Waals surface area contributed by atoms with Crippen LogP contribution < -0.4 is 15.8 Å². The minimum Gasteiger partial charge on any atom is -0.497 e. The van der Waals surface area contributed by atoms with Gasteiger partial charge >= 0.3 is 0 Å². The van der Waals surface area contributed by atoms with Gasteiger partial charge in [0.2, 0.25) is 5.91 Å². The zero-order chi connectivity index (χ0) is 10.8. The Kier molecular flexibility index (Phi) is 2.83. The summed E-state index contributed by atoms with van der Waals surface area (Å²) in [6, 6.07) is 5.57. The van der Waals surface area contributed by atoms with Gasteiger partial charge in [-0.25, -0.2) is 0 Å². The van der Waals surface area contributed by atoms with Gasteiger partial charge in [0.05, 0.1) is 12.8 Å². The minimum atomic E-state index is -0.204. The van der Waals surface area contributed by atoms with E-state index in [0.717, 1.165) is 16.3 Å². The number of carbonyl (C=O) groups excluding carboxylic acids is 1. The summed E-state index contributed by atoms with van der Waals surface area (Å²) in [7, 11) is 1.62. The van der Waals surface area contributed by atoms with Crippen LogP contribution in [-0.4, -0.2) is 24.8 Å². The zero-order valence-electron chi connectivity index (χ0n) is 8.32. The number of hydrogen-bond donors (Lipinski definition) is 2. The van der Waals surface area contributed by atoms with Gasteiger partial charge in [-0.1, -0.05) is 0 Å². The molecule has 2 rings (SSSR count). The van der Waals surface area contributed by atoms with Crippen LogP contribution >= 0.6 is 11.8 Å². The summed E-state index contributed by atoms with van der Waals surface area (Å²) in [5, 5.41) is 2.61. The van der Waals surface area contributed by atoms with Crippen molar-refractivity contribution in [3.63, 3.8) is 0 Å². The fourth-order valence-corrected chi connectivity index (χ4v) is 2.40. The van der Waals surface area contributed by atoms with E-state index < -0.39 is 0 Å². The Bertz CT molecular complexity index is 395. The van der Waals surface area contributed by atoms with Crippen molar-refractivity contribution in [3.05, 3.63) is 18.2 Å². The number of nitrogens with two attached hydrogens (primary N) is 1. The second-order valence-corrected chi connectivity index (χ2v) is 4.44. The molecule has 0 saturated heterocycles. The lowest BCUT2D eigenvalue weighted by Gasteiger charge is -2.23. The Morgan fingerprint density at radius 1 is 1.60 bits per heavy atom. The molecule has 80 valence electrons. The smallest absolute Gasteiger partial charge is 0.239 e. The summed E-state index contributed by atoms with van der Waals surface area (Å²) in [6.45, 7) is 0.340. The van der Waals surface area contributed by atoms with E-state index in [0.29, 0.717) is 6.54 Å². The third kappa shape index (κ3) is 1.93. The number of anilines is 1. The summed E-state index contributed by atoms with van der Waals surface area (Å²) in [4.78, 5) is 12.5. The molecule has 3 N–H and O–H groups in total. The Balaban J connectivity index is 2.33. The van der Waals surface area contributed by atoms with Crippen molar-refractivity contribution >= 4 is 23.4 Å². The van der Waals surface area contributed by atoms with Crippen LogP contribution in [0.25, 0.3) is 0 Å². The van der Waals surface area contributed by atoms with Gasteiger partial charge < -0.3 is 15.8 Å². The minimum absolute atomic E-state index is 0.0276. The van der Waals surface area contributed by atoms with E-state index in [2.05, 4.69) is 5.32 Å². The largest absolute Gasteiger partial charge is 0.497 e. The molecular formula is C10H12N2O2S. The molecule has 1 atom stereocenters. The number of thioether (sulfide) groups is 1. The van der Waals surface area contributed by atoms with Crippen LogP contribution in [0.2, 0.25) is 0 Å². The summed E-state index contributed by atoms with van der Waals surface area (Å²) >= 11 is 1.48. The number of fused-ring (bicyclic) bond motifs is 1. The highest BCUT2D eigenvalue weighted by molar-refractivity contribution is 8.01. The van der Waals surface area contributed by atoms with Crippen molar-refractivity contribution < 1.29 is 9.53 Å². The van der Waals surface area contributed by atoms with Crippen LogP contribution in [0.3, 0.4) is 0 Å². The number of benzene rings is 1. The number of nitrogens with one attached hydrogen (secondary N) is 1. The van der Waals surface area contributed by atoms with E-state index in [1.165, 1.54) is 11.8 Å². The fraction of sp³-hybridized carbons (Fsp3) is 0.300. The first-order chi connectivity index (χ1) is 7.24. The van der Waals surface area contributed by atoms with Gasteiger partial charge in [0.25, 0.3) is 0 Å². The van der Waals surface area contributed by atoms with Crippen molar-refractivity contribution in [1.82, 2.24) is 0 Å². The molecule has 1 aromatic rings. The molecule has 0 saturated carbocycles. The molecule has 0 bridgehead atoms. The van der Waals surface area contributed by atoms with Crippen LogP contribution in [0.5, 0.6) is 5.75 Å². The first-order valence-electron chi connectivity index (χ1n) is 4.60. The van der Waals surface area contributed by atoms with E-state index in [4.69, 9.17) is 10.5 Å². The lowest BCUT2D eigenvalue weighted by molar-refractivity contribution is -0.115. The summed E-state index contributed by atoms with van der Waals surface area (Å²) in [5.74, 6) is 0.758. The van der Waals surface area contributed by atoms with Gasteiger partial charge in [-0.3, -0.25) is 4.79 Å². The summed E-state index contributed by atoms with van der Waals surface area (Å²) in [5.41, 5.74) is 6.34. The Hall–Kier alpha value is -1.20. The maximum atomic E-state index is 11.5. The van der Waals surface area contributed by atoms with E-state index >= 15 is 0 Å². The molecule has 1 aromatic carbocycles. The molecular weight excluding hydrogens is 212 g/mol. The Morgan fingerprint density at radius 2 is 2.40 bits per heavy atom. The van der Waals surface area contributed by atoms with Crippen LogP contribution in [0, 0.1) is 0 Å². The molecule has 1 amide bonds. The standard InChI is InChI=1S/C10H12N2O2S/c1-14-6-2-3-7-8(4-6)15-9(5-11)10(13)12-7/h2-4,9H,5,11H2,1H3,(H,12,13). The topological polar surface area (TPSA) is 64.3 Å². The van der Waals surface area contributed by atoms with Crippen molar-refractivity contribution in [2.24, 2.45) is 5.73 Å². The van der Waals surface area contributed by atoms with Crippen LogP contribution in [0.1, 0.15) is 0 Å². The van der Waals surface area contributed by atoms with Crippen molar-refractivity contribution in [3.8, 4) is 5.75 Å². The quantitative estimate of drug-likeness (QED) is 0.788. The van der Waals surface area contributed by atoms with Gasteiger partial charge in [0.15, 0.2) is 0 Å². The maximum Gasteiger partial charge on any atom is 0.239 e. The summed E-state index contributed by atoms with van der Waals surface area (Å²) < 4.78 is 5.12. The van der Waals surface area contributed by atoms with Crippen LogP contribution in [-0.2, 0) is 4.79 Å². The average Bonchev–Trinajstić information content (AvgIpc) is 2.27. The van der Waals surface area contributed by atoms with Gasteiger partial charge in [0, 0.05) is 11.4 Å². The lowest BCUT2D eigenvalue weighted by Crippen LogP contribution is -2.34. The molecule has 1 unspecified atom stereocenters. The average molecular weight is 224 g/mol. The molecule has 1 aliphatic heterocycles. The monoisotopic (exact) mass is 224 g/mol. The normalized spacial score (nSPS) is 19.3. The molecule has 4 nitrogen and oxygen atoms in total. The third-order valence-electron chi connectivity index (χ3n) is 2.22. The highest BCUT2D eigenvalue weighted by Crippen LogP contribution is 2.37. The summed E-state index contributed by atoms with van der Waals surface area (Å²) in [6.07, 6.45) is 0. The fourth-order valence-electron chi connectivity index (χ4n) is 1.41. The molecule has 0 aliphatic carbocycles. The number of hydrogen-bond acceptors (Lipinski definition) is 4. The molecule has 0 aromatic heterocycles. The second-order valence-electron chi connectivity index (χ2n) is 3.19. The van der Waals surface area contributed by atoms with Gasteiger partial charge in [-0.15, -0.1) is 11.8 Å². The second kappa shape index (κ2) is 4.12. The first kappa shape index (κ1) is 10.3. The lowest BCUT2D eigenvalue weighted by atomic mass is 10.2. The highest BCUT2D eigenvalue weighted by atomic mass is 32.2. The zero-order valence-corrected chi connectivity index (χ0v) is 9.14. The van der Waals surface area contributed by atoms with Crippen molar-refractivity contribution in [2.45, 2.75) is 10.1 Å². The van der Waals surface area contributed by atoms with Gasteiger partial charge in [-0.2, -0.15) is 0 Å². The highest BCUT2D eigenvalue weighted by Gasteiger charge is 2.25. The van der Waals surface area contributed by atoms with Crippen LogP contribution in [0.4, 0.5) is 5.69 Å². The molecule has 15 heavy (non-hydrogen) atoms. The molecule has 5 heteroatoms. The van der Waals surface area contributed by atoms with Crippen LogP contribution in [0.15, 0.2) is 23.1 Å². The number of rotatable bonds is 2. The molecule has 0 spiro atoms. The molecule has 0 radical (unpaired) electrons. The number of ether oxygens (including phenoxy) is 1. The molecule has 1 heterocycles. The van der Waals surface area contributed by atoms with Gasteiger partial charge in [-0.05, 0) is 18.2 Å². The SMILES string of the molecule is COc1ccc2c(c1)SC(CN)C(=O)N2.